The molecule has 1 N–H and O–H groups in total. The van der Waals surface area contributed by atoms with Gasteiger partial charge < -0.3 is 10.0 Å². The van der Waals surface area contributed by atoms with Gasteiger partial charge in [0.2, 0.25) is 0 Å². The molecular formula is C14H27NO2. The minimum Gasteiger partial charge on any atom is -0.478 e. The average molecular weight is 241 g/mol. The zero-order valence-electron chi connectivity index (χ0n) is 12.1. The van der Waals surface area contributed by atoms with Gasteiger partial charge in [0.05, 0.1) is 0 Å². The lowest BCUT2D eigenvalue weighted by molar-refractivity contribution is -0.132. The lowest BCUT2D eigenvalue weighted by atomic mass is 9.68. The summed E-state index contributed by atoms with van der Waals surface area (Å²) in [5.74, 6) is -0.935. The van der Waals surface area contributed by atoms with Crippen molar-refractivity contribution in [3.63, 3.8) is 0 Å². The number of hydrogen-bond acceptors (Lipinski definition) is 2. The smallest absolute Gasteiger partial charge is 0.330 e. The number of piperidine rings is 1. The van der Waals surface area contributed by atoms with E-state index in [1.54, 1.807) is 0 Å². The molecule has 1 aliphatic rings. The van der Waals surface area contributed by atoms with Gasteiger partial charge in [-0.15, -0.1) is 0 Å². The summed E-state index contributed by atoms with van der Waals surface area (Å²) in [7, 11) is 2.24. The lowest BCUT2D eigenvalue weighted by Crippen LogP contribution is -2.55. The third kappa shape index (κ3) is 4.15. The summed E-state index contributed by atoms with van der Waals surface area (Å²) < 4.78 is 0. The molecule has 1 rings (SSSR count). The summed E-state index contributed by atoms with van der Waals surface area (Å²) >= 11 is 0. The van der Waals surface area contributed by atoms with Crippen LogP contribution in [0.25, 0.3) is 0 Å². The number of carboxylic acid groups (broad SMARTS) is 1. The monoisotopic (exact) mass is 241 g/mol. The van der Waals surface area contributed by atoms with Crippen LogP contribution < -0.4 is 0 Å². The number of carboxylic acids is 1. The Morgan fingerprint density at radius 2 is 1.71 bits per heavy atom. The Morgan fingerprint density at radius 1 is 1.29 bits per heavy atom. The van der Waals surface area contributed by atoms with Crippen molar-refractivity contribution in [2.75, 3.05) is 13.6 Å². The van der Waals surface area contributed by atoms with Gasteiger partial charge in [-0.25, -0.2) is 4.79 Å². The second-order valence-corrected chi connectivity index (χ2v) is 6.05. The molecule has 1 aliphatic heterocycles. The second-order valence-electron chi connectivity index (χ2n) is 6.05. The summed E-state index contributed by atoms with van der Waals surface area (Å²) in [6.45, 7) is 15.3. The summed E-state index contributed by atoms with van der Waals surface area (Å²) in [6, 6.07) is 0. The Labute approximate surface area is 106 Å². The molecule has 0 aromatic rings. The Kier molecular flexibility index (Phi) is 5.40. The first kappa shape index (κ1) is 16.2. The molecule has 17 heavy (non-hydrogen) atoms. The summed E-state index contributed by atoms with van der Waals surface area (Å²) in [4.78, 5) is 12.1. The van der Waals surface area contributed by atoms with Gasteiger partial charge in [0.25, 0.3) is 0 Å². The third-order valence-corrected chi connectivity index (χ3v) is 4.27. The molecule has 1 heterocycles. The molecule has 1 saturated heterocycles. The molecule has 0 saturated carbocycles. The lowest BCUT2D eigenvalue weighted by Gasteiger charge is -2.52. The Morgan fingerprint density at radius 3 is 1.94 bits per heavy atom. The maximum atomic E-state index is 9.60. The van der Waals surface area contributed by atoms with E-state index < -0.39 is 5.97 Å². The maximum absolute atomic E-state index is 9.60. The van der Waals surface area contributed by atoms with Gasteiger partial charge in [0, 0.05) is 11.1 Å². The van der Waals surface area contributed by atoms with Crippen molar-refractivity contribution in [2.24, 2.45) is 5.41 Å². The SMILES string of the molecule is C=C(C)C(=O)O.CN1CCCC(C)(C)C1(C)C. The molecule has 3 heteroatoms. The van der Waals surface area contributed by atoms with Gasteiger partial charge in [-0.1, -0.05) is 20.4 Å². The zero-order valence-corrected chi connectivity index (χ0v) is 12.1. The van der Waals surface area contributed by atoms with Crippen LogP contribution in [0.2, 0.25) is 0 Å². The number of likely N-dealkylation sites (tertiary alicyclic amines) is 1. The van der Waals surface area contributed by atoms with Crippen LogP contribution in [-0.4, -0.2) is 35.1 Å². The first-order chi connectivity index (χ1) is 7.52. The van der Waals surface area contributed by atoms with Crippen LogP contribution in [0.5, 0.6) is 0 Å². The fourth-order valence-electron chi connectivity index (χ4n) is 1.86. The molecular weight excluding hydrogens is 214 g/mol. The van der Waals surface area contributed by atoms with Crippen LogP contribution in [-0.2, 0) is 4.79 Å². The number of nitrogens with zero attached hydrogens (tertiary/aromatic N) is 1. The molecule has 0 aliphatic carbocycles. The van der Waals surface area contributed by atoms with Crippen LogP contribution in [0, 0.1) is 5.41 Å². The largest absolute Gasteiger partial charge is 0.478 e. The number of rotatable bonds is 1. The highest BCUT2D eigenvalue weighted by Crippen LogP contribution is 2.42. The minimum absolute atomic E-state index is 0.176. The van der Waals surface area contributed by atoms with Gasteiger partial charge in [0.1, 0.15) is 0 Å². The fourth-order valence-corrected chi connectivity index (χ4v) is 1.86. The van der Waals surface area contributed by atoms with Gasteiger partial charge in [-0.05, 0) is 52.6 Å². The Bertz CT molecular complexity index is 281. The normalized spacial score (nSPS) is 22.2. The third-order valence-electron chi connectivity index (χ3n) is 4.27. The van der Waals surface area contributed by atoms with Gasteiger partial charge >= 0.3 is 5.97 Å². The molecule has 0 aromatic carbocycles. The van der Waals surface area contributed by atoms with Gasteiger partial charge in [0.15, 0.2) is 0 Å². The fraction of sp³-hybridized carbons (Fsp3) is 0.786. The first-order valence-electron chi connectivity index (χ1n) is 6.12. The van der Waals surface area contributed by atoms with Crippen molar-refractivity contribution in [2.45, 2.75) is 53.0 Å². The molecule has 0 spiro atoms. The number of aliphatic carboxylic acids is 1. The van der Waals surface area contributed by atoms with E-state index in [4.69, 9.17) is 5.11 Å². The average Bonchev–Trinajstić information content (AvgIpc) is 2.15. The predicted octanol–water partition coefficient (Wildman–Crippen LogP) is 3.16. The maximum Gasteiger partial charge on any atom is 0.330 e. The van der Waals surface area contributed by atoms with Crippen LogP contribution in [0.4, 0.5) is 0 Å². The predicted molar refractivity (Wildman–Crippen MR) is 72.2 cm³/mol. The van der Waals surface area contributed by atoms with E-state index in [1.165, 1.54) is 26.3 Å². The van der Waals surface area contributed by atoms with Crippen molar-refractivity contribution in [3.8, 4) is 0 Å². The Hall–Kier alpha value is -0.830. The van der Waals surface area contributed by atoms with Crippen molar-refractivity contribution < 1.29 is 9.90 Å². The molecule has 0 amide bonds. The quantitative estimate of drug-likeness (QED) is 0.717. The van der Waals surface area contributed by atoms with E-state index in [-0.39, 0.29) is 5.57 Å². The van der Waals surface area contributed by atoms with Gasteiger partial charge in [-0.3, -0.25) is 0 Å². The molecule has 0 aromatic heterocycles. The van der Waals surface area contributed by atoms with E-state index in [2.05, 4.69) is 46.2 Å². The van der Waals surface area contributed by atoms with Crippen molar-refractivity contribution in [1.29, 1.82) is 0 Å². The summed E-state index contributed by atoms with van der Waals surface area (Å²) in [5.41, 5.74) is 1.01. The van der Waals surface area contributed by atoms with Crippen molar-refractivity contribution in [1.82, 2.24) is 4.90 Å². The van der Waals surface area contributed by atoms with Crippen LogP contribution >= 0.6 is 0 Å². The van der Waals surface area contributed by atoms with E-state index in [9.17, 15) is 4.79 Å². The van der Waals surface area contributed by atoms with Crippen LogP contribution in [0.15, 0.2) is 12.2 Å². The second kappa shape index (κ2) is 5.67. The van der Waals surface area contributed by atoms with Crippen molar-refractivity contribution >= 4 is 5.97 Å². The summed E-state index contributed by atoms with van der Waals surface area (Å²) in [6.07, 6.45) is 2.72. The first-order valence-corrected chi connectivity index (χ1v) is 6.12. The molecule has 3 nitrogen and oxygen atoms in total. The Balaban J connectivity index is 0.000000366. The molecule has 0 unspecified atom stereocenters. The highest BCUT2D eigenvalue weighted by molar-refractivity contribution is 5.84. The van der Waals surface area contributed by atoms with Crippen LogP contribution in [0.1, 0.15) is 47.5 Å². The van der Waals surface area contributed by atoms with E-state index in [0.29, 0.717) is 11.0 Å². The van der Waals surface area contributed by atoms with Gasteiger partial charge in [-0.2, -0.15) is 0 Å². The standard InChI is InChI=1S/C10H21N.C4H6O2/c1-9(2)7-6-8-11(5)10(9,3)4;1-3(2)4(5)6/h6-8H2,1-5H3;1H2,2H3,(H,5,6). The summed E-state index contributed by atoms with van der Waals surface area (Å²) in [5, 5.41) is 7.89. The van der Waals surface area contributed by atoms with E-state index >= 15 is 0 Å². The molecule has 0 bridgehead atoms. The number of hydrogen-bond donors (Lipinski definition) is 1. The number of carbonyl (C=O) groups is 1. The topological polar surface area (TPSA) is 40.5 Å². The highest BCUT2D eigenvalue weighted by atomic mass is 16.4. The van der Waals surface area contributed by atoms with Crippen molar-refractivity contribution in [3.05, 3.63) is 12.2 Å². The zero-order chi connectivity index (χ0) is 13.9. The minimum atomic E-state index is -0.935. The van der Waals surface area contributed by atoms with Crippen LogP contribution in [0.3, 0.4) is 0 Å². The van der Waals surface area contributed by atoms with E-state index in [1.807, 2.05) is 0 Å². The van der Waals surface area contributed by atoms with E-state index in [0.717, 1.165) is 0 Å². The molecule has 100 valence electrons. The molecule has 1 fully saturated rings. The molecule has 0 atom stereocenters. The highest BCUT2D eigenvalue weighted by Gasteiger charge is 2.42. The molecule has 0 radical (unpaired) electrons.